The Morgan fingerprint density at radius 1 is 1.00 bits per heavy atom. The van der Waals surface area contributed by atoms with Gasteiger partial charge in [-0.3, -0.25) is 4.79 Å². The van der Waals surface area contributed by atoms with Gasteiger partial charge in [0.15, 0.2) is 6.61 Å². The number of rotatable bonds is 7. The van der Waals surface area contributed by atoms with Crippen LogP contribution in [0.1, 0.15) is 44.7 Å². The van der Waals surface area contributed by atoms with E-state index in [2.05, 4.69) is 24.4 Å². The van der Waals surface area contributed by atoms with Crippen molar-refractivity contribution in [3.63, 3.8) is 0 Å². The zero-order valence-corrected chi connectivity index (χ0v) is 15.3. The number of hydrogen-bond acceptors (Lipinski definition) is 3. The molecule has 0 saturated heterocycles. The van der Waals surface area contributed by atoms with Crippen molar-refractivity contribution in [2.24, 2.45) is 11.0 Å². The first-order valence-corrected chi connectivity index (χ1v) is 8.62. The highest BCUT2D eigenvalue weighted by Gasteiger charge is 2.11. The van der Waals surface area contributed by atoms with Crippen molar-refractivity contribution in [1.29, 1.82) is 0 Å². The van der Waals surface area contributed by atoms with Crippen LogP contribution in [-0.4, -0.2) is 18.2 Å². The minimum atomic E-state index is -0.271. The van der Waals surface area contributed by atoms with Gasteiger partial charge in [-0.1, -0.05) is 76.2 Å². The van der Waals surface area contributed by atoms with E-state index in [4.69, 9.17) is 4.74 Å². The van der Waals surface area contributed by atoms with E-state index < -0.39 is 0 Å². The van der Waals surface area contributed by atoms with E-state index >= 15 is 0 Å². The molecule has 0 aliphatic rings. The van der Waals surface area contributed by atoms with Gasteiger partial charge in [0.25, 0.3) is 5.91 Å². The van der Waals surface area contributed by atoms with Gasteiger partial charge in [-0.25, -0.2) is 5.43 Å². The molecule has 2 aromatic rings. The smallest absolute Gasteiger partial charge is 0.277 e. The van der Waals surface area contributed by atoms with Crippen molar-refractivity contribution in [2.75, 3.05) is 6.61 Å². The van der Waals surface area contributed by atoms with Crippen molar-refractivity contribution >= 4 is 11.6 Å². The van der Waals surface area contributed by atoms with Crippen LogP contribution < -0.4 is 10.2 Å². The number of carbonyl (C=O) groups excluding carboxylic acids is 1. The van der Waals surface area contributed by atoms with Crippen molar-refractivity contribution in [3.8, 4) is 5.75 Å². The van der Waals surface area contributed by atoms with Gasteiger partial charge in [-0.2, -0.15) is 5.10 Å². The van der Waals surface area contributed by atoms with E-state index in [9.17, 15) is 4.79 Å². The van der Waals surface area contributed by atoms with Crippen LogP contribution in [0, 0.1) is 5.92 Å². The quantitative estimate of drug-likeness (QED) is 0.602. The van der Waals surface area contributed by atoms with Gasteiger partial charge in [0.05, 0.1) is 5.71 Å². The minimum Gasteiger partial charge on any atom is -0.483 e. The Kier molecular flexibility index (Phi) is 6.75. The number of nitrogens with one attached hydrogen (secondary N) is 1. The summed E-state index contributed by atoms with van der Waals surface area (Å²) in [5.74, 6) is 1.00. The predicted octanol–water partition coefficient (Wildman–Crippen LogP) is 4.37. The number of benzene rings is 2. The van der Waals surface area contributed by atoms with Gasteiger partial charge < -0.3 is 4.74 Å². The second-order valence-electron chi connectivity index (χ2n) is 6.53. The Balaban J connectivity index is 2.00. The molecule has 0 fully saturated rings. The zero-order valence-electron chi connectivity index (χ0n) is 15.3. The summed E-state index contributed by atoms with van der Waals surface area (Å²) in [5, 5.41) is 4.30. The molecule has 0 aliphatic carbocycles. The molecule has 25 heavy (non-hydrogen) atoms. The largest absolute Gasteiger partial charge is 0.483 e. The molecule has 0 radical (unpaired) electrons. The van der Waals surface area contributed by atoms with Gasteiger partial charge in [0, 0.05) is 0 Å². The van der Waals surface area contributed by atoms with Crippen LogP contribution in [0.25, 0.3) is 0 Å². The highest BCUT2D eigenvalue weighted by Crippen LogP contribution is 2.25. The Labute approximate surface area is 149 Å². The van der Waals surface area contributed by atoms with Gasteiger partial charge in [-0.05, 0) is 29.0 Å². The van der Waals surface area contributed by atoms with Crippen LogP contribution in [-0.2, 0) is 4.79 Å². The van der Waals surface area contributed by atoms with Crippen molar-refractivity contribution in [3.05, 3.63) is 65.7 Å². The van der Waals surface area contributed by atoms with E-state index in [0.29, 0.717) is 5.92 Å². The third-order valence-corrected chi connectivity index (χ3v) is 3.82. The molecule has 2 rings (SSSR count). The summed E-state index contributed by atoms with van der Waals surface area (Å²) in [7, 11) is 0. The topological polar surface area (TPSA) is 50.7 Å². The maximum atomic E-state index is 12.1. The molecule has 4 nitrogen and oxygen atoms in total. The summed E-state index contributed by atoms with van der Waals surface area (Å²) in [6.07, 6.45) is 0. The SMILES string of the molecule is CC(C)C(=NNC(=O)COc1ccccc1C(C)C)c1ccccc1. The molecule has 0 aromatic heterocycles. The molecule has 1 amide bonds. The maximum absolute atomic E-state index is 12.1. The minimum absolute atomic E-state index is 0.0621. The first kappa shape index (κ1) is 18.7. The molecular weight excluding hydrogens is 312 g/mol. The van der Waals surface area contributed by atoms with Crippen LogP contribution in [0.3, 0.4) is 0 Å². The number of carbonyl (C=O) groups is 1. The summed E-state index contributed by atoms with van der Waals surface area (Å²) in [6, 6.07) is 17.6. The summed E-state index contributed by atoms with van der Waals surface area (Å²) < 4.78 is 5.68. The van der Waals surface area contributed by atoms with E-state index in [-0.39, 0.29) is 18.4 Å². The Bertz CT molecular complexity index is 722. The van der Waals surface area contributed by atoms with Crippen LogP contribution in [0.4, 0.5) is 0 Å². The van der Waals surface area contributed by atoms with E-state index in [0.717, 1.165) is 22.6 Å². The van der Waals surface area contributed by atoms with Gasteiger partial charge in [0.1, 0.15) is 5.75 Å². The fourth-order valence-corrected chi connectivity index (χ4v) is 2.52. The number of hydrazone groups is 1. The van der Waals surface area contributed by atoms with Gasteiger partial charge in [0.2, 0.25) is 0 Å². The highest BCUT2D eigenvalue weighted by atomic mass is 16.5. The van der Waals surface area contributed by atoms with E-state index in [1.807, 2.05) is 68.4 Å². The maximum Gasteiger partial charge on any atom is 0.277 e. The fourth-order valence-electron chi connectivity index (χ4n) is 2.52. The third kappa shape index (κ3) is 5.45. The number of para-hydroxylation sites is 1. The molecule has 0 atom stereocenters. The van der Waals surface area contributed by atoms with Crippen molar-refractivity contribution in [2.45, 2.75) is 33.6 Å². The number of amides is 1. The molecule has 0 unspecified atom stereocenters. The molecule has 0 heterocycles. The normalized spacial score (nSPS) is 11.7. The second-order valence-corrected chi connectivity index (χ2v) is 6.53. The molecule has 2 aromatic carbocycles. The first-order chi connectivity index (χ1) is 12.0. The molecule has 0 aliphatic heterocycles. The molecule has 0 spiro atoms. The predicted molar refractivity (Wildman–Crippen MR) is 102 cm³/mol. The third-order valence-electron chi connectivity index (χ3n) is 3.82. The average molecular weight is 338 g/mol. The lowest BCUT2D eigenvalue weighted by Gasteiger charge is -2.14. The Morgan fingerprint density at radius 2 is 1.64 bits per heavy atom. The summed E-state index contributed by atoms with van der Waals surface area (Å²) in [5.41, 5.74) is 5.54. The van der Waals surface area contributed by atoms with E-state index in [1.165, 1.54) is 0 Å². The number of ether oxygens (including phenoxy) is 1. The summed E-state index contributed by atoms with van der Waals surface area (Å²) in [6.45, 7) is 8.23. The standard InChI is InChI=1S/C21H26N2O2/c1-15(2)18-12-8-9-13-19(18)25-14-20(24)22-23-21(16(3)4)17-10-6-5-7-11-17/h5-13,15-16H,14H2,1-4H3,(H,22,24). The Morgan fingerprint density at radius 3 is 2.28 bits per heavy atom. The molecule has 0 saturated carbocycles. The number of hydrogen-bond donors (Lipinski definition) is 1. The van der Waals surface area contributed by atoms with Crippen LogP contribution >= 0.6 is 0 Å². The monoisotopic (exact) mass is 338 g/mol. The lowest BCUT2D eigenvalue weighted by molar-refractivity contribution is -0.123. The van der Waals surface area contributed by atoms with Crippen LogP contribution in [0.2, 0.25) is 0 Å². The molecule has 1 N–H and O–H groups in total. The zero-order chi connectivity index (χ0) is 18.2. The van der Waals surface area contributed by atoms with Crippen LogP contribution in [0.5, 0.6) is 5.75 Å². The number of nitrogens with zero attached hydrogens (tertiary/aromatic N) is 1. The molecular formula is C21H26N2O2. The first-order valence-electron chi connectivity index (χ1n) is 8.62. The van der Waals surface area contributed by atoms with Gasteiger partial charge in [-0.15, -0.1) is 0 Å². The van der Waals surface area contributed by atoms with Crippen LogP contribution in [0.15, 0.2) is 59.7 Å². The van der Waals surface area contributed by atoms with Crippen molar-refractivity contribution < 1.29 is 9.53 Å². The van der Waals surface area contributed by atoms with E-state index in [1.54, 1.807) is 0 Å². The highest BCUT2D eigenvalue weighted by molar-refractivity contribution is 6.02. The molecule has 132 valence electrons. The molecule has 0 bridgehead atoms. The lowest BCUT2D eigenvalue weighted by Crippen LogP contribution is -2.27. The fraction of sp³-hybridized carbons (Fsp3) is 0.333. The average Bonchev–Trinajstić information content (AvgIpc) is 2.61. The summed E-state index contributed by atoms with van der Waals surface area (Å²) >= 11 is 0. The van der Waals surface area contributed by atoms with Gasteiger partial charge >= 0.3 is 0 Å². The second kappa shape index (κ2) is 9.02. The summed E-state index contributed by atoms with van der Waals surface area (Å²) in [4.78, 5) is 12.1. The lowest BCUT2D eigenvalue weighted by atomic mass is 10.0. The Hall–Kier alpha value is -2.62. The van der Waals surface area contributed by atoms with Crippen molar-refractivity contribution in [1.82, 2.24) is 5.43 Å². The molecule has 4 heteroatoms.